The Kier molecular flexibility index (Phi) is 5.78. The van der Waals surface area contributed by atoms with Crippen LogP contribution in [0.4, 0.5) is 0 Å². The molecule has 2 rings (SSSR count). The summed E-state index contributed by atoms with van der Waals surface area (Å²) >= 11 is 11.0. The number of nitrogens with zero attached hydrogens (tertiary/aromatic N) is 1. The smallest absolute Gasteiger partial charge is 0.187 e. The molecule has 3 N–H and O–H groups in total. The largest absolute Gasteiger partial charge is 0.507 e. The highest BCUT2D eigenvalue weighted by atomic mass is 35.5. The number of phenols is 1. The third-order valence-corrected chi connectivity index (χ3v) is 3.66. The number of ether oxygens (including phenoxy) is 1. The van der Waals surface area contributed by atoms with Crippen molar-refractivity contribution in [3.8, 4) is 5.75 Å². The van der Waals surface area contributed by atoms with Crippen LogP contribution in [-0.4, -0.2) is 35.2 Å². The van der Waals surface area contributed by atoms with E-state index in [4.69, 9.17) is 28.6 Å². The summed E-state index contributed by atoms with van der Waals surface area (Å²) in [7, 11) is 0. The van der Waals surface area contributed by atoms with Crippen LogP contribution in [0.2, 0.25) is 5.02 Å². The molecular weight excluding hydrogens is 310 g/mol. The van der Waals surface area contributed by atoms with Crippen molar-refractivity contribution in [2.45, 2.75) is 25.9 Å². The molecule has 1 atom stereocenters. The predicted molar refractivity (Wildman–Crippen MR) is 88.0 cm³/mol. The van der Waals surface area contributed by atoms with E-state index in [1.165, 1.54) is 6.07 Å². The van der Waals surface area contributed by atoms with Crippen molar-refractivity contribution < 1.29 is 9.84 Å². The minimum absolute atomic E-state index is 0.126. The summed E-state index contributed by atoms with van der Waals surface area (Å²) in [5, 5.41) is 17.9. The molecule has 0 saturated carbocycles. The summed E-state index contributed by atoms with van der Waals surface area (Å²) in [5.41, 5.74) is 3.91. The molecule has 0 bridgehead atoms. The first-order valence-electron chi connectivity index (χ1n) is 6.75. The van der Waals surface area contributed by atoms with Crippen LogP contribution in [0.5, 0.6) is 5.75 Å². The van der Waals surface area contributed by atoms with Crippen LogP contribution in [0, 0.1) is 0 Å². The summed E-state index contributed by atoms with van der Waals surface area (Å²) in [6.07, 6.45) is 2.36. The van der Waals surface area contributed by atoms with Crippen LogP contribution in [0.3, 0.4) is 0 Å². The highest BCUT2D eigenvalue weighted by molar-refractivity contribution is 7.80. The second kappa shape index (κ2) is 7.59. The summed E-state index contributed by atoms with van der Waals surface area (Å²) in [4.78, 5) is 0. The molecule has 0 radical (unpaired) electrons. The van der Waals surface area contributed by atoms with E-state index < -0.39 is 0 Å². The van der Waals surface area contributed by atoms with Gasteiger partial charge in [-0.15, -0.1) is 0 Å². The molecule has 1 aliphatic rings. The Balaban J connectivity index is 1.87. The molecule has 7 heteroatoms. The van der Waals surface area contributed by atoms with Gasteiger partial charge in [-0.3, -0.25) is 5.43 Å². The monoisotopic (exact) mass is 327 g/mol. The molecule has 1 fully saturated rings. The number of thiocarbonyl (C=S) groups is 1. The molecule has 1 saturated heterocycles. The molecule has 114 valence electrons. The lowest BCUT2D eigenvalue weighted by molar-refractivity contribution is 0.114. The number of phenolic OH excluding ortho intramolecular Hbond substituents is 1. The van der Waals surface area contributed by atoms with Gasteiger partial charge in [0.25, 0.3) is 0 Å². The average Bonchev–Trinajstić information content (AvgIpc) is 2.98. The highest BCUT2D eigenvalue weighted by Crippen LogP contribution is 2.21. The maximum atomic E-state index is 9.79. The Morgan fingerprint density at radius 2 is 2.38 bits per heavy atom. The lowest BCUT2D eigenvalue weighted by atomic mass is 10.1. The third kappa shape index (κ3) is 4.84. The van der Waals surface area contributed by atoms with Crippen LogP contribution in [0.25, 0.3) is 0 Å². The summed E-state index contributed by atoms with van der Waals surface area (Å²) < 4.78 is 5.49. The van der Waals surface area contributed by atoms with E-state index in [0.29, 0.717) is 28.0 Å². The molecule has 0 amide bonds. The molecule has 1 heterocycles. The van der Waals surface area contributed by atoms with E-state index in [1.54, 1.807) is 19.1 Å². The molecule has 5 nitrogen and oxygen atoms in total. The number of nitrogens with one attached hydrogen (secondary N) is 2. The maximum absolute atomic E-state index is 9.79. The van der Waals surface area contributed by atoms with E-state index in [-0.39, 0.29) is 11.9 Å². The van der Waals surface area contributed by atoms with Gasteiger partial charge in [-0.1, -0.05) is 11.6 Å². The number of rotatable bonds is 4. The zero-order valence-corrected chi connectivity index (χ0v) is 13.3. The van der Waals surface area contributed by atoms with E-state index in [1.807, 2.05) is 0 Å². The molecule has 0 aliphatic carbocycles. The molecule has 1 aromatic carbocycles. The molecule has 1 aromatic rings. The summed E-state index contributed by atoms with van der Waals surface area (Å²) in [5.74, 6) is 0.126. The van der Waals surface area contributed by atoms with Crippen molar-refractivity contribution in [3.05, 3.63) is 28.8 Å². The fourth-order valence-electron chi connectivity index (χ4n) is 2.04. The van der Waals surface area contributed by atoms with Gasteiger partial charge >= 0.3 is 0 Å². The summed E-state index contributed by atoms with van der Waals surface area (Å²) in [6, 6.07) is 4.81. The standard InChI is InChI=1S/C14H18ClN3O2S/c1-9(12-7-10(15)4-5-13(12)19)17-18-14(21)16-8-11-3-2-6-20-11/h4-5,7,11,19H,2-3,6,8H2,1H3,(H2,16,18,21)/b17-9+/t11-/m0/s1. The zero-order valence-electron chi connectivity index (χ0n) is 11.7. The number of hydrazone groups is 1. The number of aromatic hydroxyl groups is 1. The molecule has 0 aromatic heterocycles. The van der Waals surface area contributed by atoms with Gasteiger partial charge in [0.05, 0.1) is 11.8 Å². The Hall–Kier alpha value is -1.37. The van der Waals surface area contributed by atoms with Crippen LogP contribution >= 0.6 is 23.8 Å². The minimum atomic E-state index is 0.126. The quantitative estimate of drug-likeness (QED) is 0.450. The zero-order chi connectivity index (χ0) is 15.2. The van der Waals surface area contributed by atoms with Crippen molar-refractivity contribution in [2.75, 3.05) is 13.2 Å². The molecule has 0 unspecified atom stereocenters. The van der Waals surface area contributed by atoms with Crippen LogP contribution in [-0.2, 0) is 4.74 Å². The Morgan fingerprint density at radius 1 is 1.57 bits per heavy atom. The number of halogens is 1. The lowest BCUT2D eigenvalue weighted by Crippen LogP contribution is -2.37. The SMILES string of the molecule is C/C(=N\NC(=S)NC[C@@H]1CCCO1)c1cc(Cl)ccc1O. The first-order valence-corrected chi connectivity index (χ1v) is 7.53. The molecule has 1 aliphatic heterocycles. The fourth-order valence-corrected chi connectivity index (χ4v) is 2.35. The second-order valence-corrected chi connectivity index (χ2v) is 5.66. The number of hydrogen-bond donors (Lipinski definition) is 3. The van der Waals surface area contributed by atoms with Crippen molar-refractivity contribution in [1.82, 2.24) is 10.7 Å². The van der Waals surface area contributed by atoms with E-state index in [0.717, 1.165) is 19.4 Å². The van der Waals surface area contributed by atoms with Crippen LogP contribution in [0.1, 0.15) is 25.3 Å². The van der Waals surface area contributed by atoms with Crippen molar-refractivity contribution in [1.29, 1.82) is 0 Å². The first-order chi connectivity index (χ1) is 10.1. The van der Waals surface area contributed by atoms with E-state index >= 15 is 0 Å². The first kappa shape index (κ1) is 16.0. The van der Waals surface area contributed by atoms with Crippen molar-refractivity contribution in [3.63, 3.8) is 0 Å². The van der Waals surface area contributed by atoms with Gasteiger partial charge in [0, 0.05) is 23.7 Å². The molecule has 21 heavy (non-hydrogen) atoms. The van der Waals surface area contributed by atoms with Gasteiger partial charge < -0.3 is 15.2 Å². The van der Waals surface area contributed by atoms with Gasteiger partial charge in [0.2, 0.25) is 0 Å². The van der Waals surface area contributed by atoms with Crippen molar-refractivity contribution in [2.24, 2.45) is 5.10 Å². The molecule has 0 spiro atoms. The molecular formula is C14H18ClN3O2S. The fraction of sp³-hybridized carbons (Fsp3) is 0.429. The summed E-state index contributed by atoms with van der Waals surface area (Å²) in [6.45, 7) is 3.25. The average molecular weight is 328 g/mol. The van der Waals surface area contributed by atoms with Gasteiger partial charge in [-0.05, 0) is 50.2 Å². The number of benzene rings is 1. The second-order valence-electron chi connectivity index (χ2n) is 4.82. The van der Waals surface area contributed by atoms with E-state index in [9.17, 15) is 5.11 Å². The van der Waals surface area contributed by atoms with Crippen LogP contribution < -0.4 is 10.7 Å². The minimum Gasteiger partial charge on any atom is -0.507 e. The lowest BCUT2D eigenvalue weighted by Gasteiger charge is -2.12. The number of hydrogen-bond acceptors (Lipinski definition) is 4. The Bertz CT molecular complexity index is 545. The normalized spacial score (nSPS) is 18.6. The van der Waals surface area contributed by atoms with Gasteiger partial charge in [0.1, 0.15) is 5.75 Å². The Morgan fingerprint density at radius 3 is 3.10 bits per heavy atom. The van der Waals surface area contributed by atoms with Crippen LogP contribution in [0.15, 0.2) is 23.3 Å². The third-order valence-electron chi connectivity index (χ3n) is 3.19. The van der Waals surface area contributed by atoms with Gasteiger partial charge in [0.15, 0.2) is 5.11 Å². The topological polar surface area (TPSA) is 65.9 Å². The maximum Gasteiger partial charge on any atom is 0.187 e. The Labute approximate surface area is 134 Å². The van der Waals surface area contributed by atoms with Gasteiger partial charge in [-0.25, -0.2) is 0 Å². The highest BCUT2D eigenvalue weighted by Gasteiger charge is 2.15. The predicted octanol–water partition coefficient (Wildman–Crippen LogP) is 2.41. The van der Waals surface area contributed by atoms with Gasteiger partial charge in [-0.2, -0.15) is 5.10 Å². The van der Waals surface area contributed by atoms with Crippen molar-refractivity contribution >= 4 is 34.6 Å². The van der Waals surface area contributed by atoms with E-state index in [2.05, 4.69) is 15.8 Å².